The fraction of sp³-hybridized carbons (Fsp3) is 0.300. The van der Waals surface area contributed by atoms with Gasteiger partial charge in [0.2, 0.25) is 0 Å². The predicted octanol–water partition coefficient (Wildman–Crippen LogP) is 1.58. The molecule has 0 atom stereocenters. The average Bonchev–Trinajstić information content (AvgIpc) is 2.20. The van der Waals surface area contributed by atoms with Crippen molar-refractivity contribution in [2.24, 2.45) is 5.73 Å². The smallest absolute Gasteiger partial charge is 0.411 e. The monoisotopic (exact) mass is 194 g/mol. The molecule has 0 fully saturated rings. The molecule has 0 radical (unpaired) electrons. The van der Waals surface area contributed by atoms with Gasteiger partial charge in [-0.1, -0.05) is 18.2 Å². The molecule has 0 saturated heterocycles. The quantitative estimate of drug-likeness (QED) is 0.715. The third kappa shape index (κ3) is 3.91. The van der Waals surface area contributed by atoms with Gasteiger partial charge in [0, 0.05) is 5.69 Å². The van der Waals surface area contributed by atoms with Crippen LogP contribution in [0.25, 0.3) is 0 Å². The minimum absolute atomic E-state index is 0.356. The molecule has 0 aliphatic carbocycles. The van der Waals surface area contributed by atoms with Crippen molar-refractivity contribution >= 4 is 11.8 Å². The van der Waals surface area contributed by atoms with Crippen LogP contribution in [0.3, 0.4) is 0 Å². The fourth-order valence-electron chi connectivity index (χ4n) is 0.924. The highest BCUT2D eigenvalue weighted by atomic mass is 16.5. The summed E-state index contributed by atoms with van der Waals surface area (Å²) in [5.41, 5.74) is 5.98. The summed E-state index contributed by atoms with van der Waals surface area (Å²) in [4.78, 5) is 11.1. The van der Waals surface area contributed by atoms with Crippen LogP contribution in [0.5, 0.6) is 0 Å². The number of hydrogen-bond acceptors (Lipinski definition) is 3. The zero-order chi connectivity index (χ0) is 10.2. The number of amides is 1. The summed E-state index contributed by atoms with van der Waals surface area (Å²) in [5.74, 6) is 0. The molecule has 1 rings (SSSR count). The van der Waals surface area contributed by atoms with Crippen molar-refractivity contribution in [2.45, 2.75) is 6.42 Å². The van der Waals surface area contributed by atoms with E-state index in [-0.39, 0.29) is 0 Å². The number of ether oxygens (including phenoxy) is 1. The Hall–Kier alpha value is -1.55. The highest BCUT2D eigenvalue weighted by molar-refractivity contribution is 5.84. The minimum Gasteiger partial charge on any atom is -0.449 e. The SMILES string of the molecule is NCCCOC(=O)Nc1ccccc1. The summed E-state index contributed by atoms with van der Waals surface area (Å²) in [6.45, 7) is 0.883. The van der Waals surface area contributed by atoms with E-state index in [9.17, 15) is 4.79 Å². The van der Waals surface area contributed by atoms with Gasteiger partial charge in [-0.15, -0.1) is 0 Å². The lowest BCUT2D eigenvalue weighted by molar-refractivity contribution is 0.161. The van der Waals surface area contributed by atoms with Crippen molar-refractivity contribution in [1.29, 1.82) is 0 Å². The third-order valence-electron chi connectivity index (χ3n) is 1.60. The molecule has 0 aromatic heterocycles. The van der Waals surface area contributed by atoms with Crippen LogP contribution in [0, 0.1) is 0 Å². The van der Waals surface area contributed by atoms with Crippen LogP contribution in [-0.2, 0) is 4.74 Å². The lowest BCUT2D eigenvalue weighted by Crippen LogP contribution is -2.15. The number of nitrogens with two attached hydrogens (primary N) is 1. The van der Waals surface area contributed by atoms with Gasteiger partial charge >= 0.3 is 6.09 Å². The molecule has 1 aromatic rings. The minimum atomic E-state index is -0.440. The van der Waals surface area contributed by atoms with Crippen molar-refractivity contribution in [3.05, 3.63) is 30.3 Å². The first-order valence-corrected chi connectivity index (χ1v) is 4.52. The lowest BCUT2D eigenvalue weighted by atomic mass is 10.3. The Morgan fingerprint density at radius 2 is 2.07 bits per heavy atom. The van der Waals surface area contributed by atoms with Gasteiger partial charge in [-0.25, -0.2) is 4.79 Å². The number of carbonyl (C=O) groups excluding carboxylic acids is 1. The zero-order valence-electron chi connectivity index (χ0n) is 7.90. The second-order valence-electron chi connectivity index (χ2n) is 2.77. The summed E-state index contributed by atoms with van der Waals surface area (Å²) < 4.78 is 4.86. The van der Waals surface area contributed by atoms with E-state index in [2.05, 4.69) is 5.32 Å². The van der Waals surface area contributed by atoms with Crippen LogP contribution in [0.15, 0.2) is 30.3 Å². The van der Waals surface area contributed by atoms with Crippen LogP contribution in [-0.4, -0.2) is 19.2 Å². The van der Waals surface area contributed by atoms with Gasteiger partial charge < -0.3 is 10.5 Å². The molecule has 0 aliphatic heterocycles. The number of para-hydroxylation sites is 1. The van der Waals surface area contributed by atoms with E-state index in [1.54, 1.807) is 12.1 Å². The summed E-state index contributed by atoms with van der Waals surface area (Å²) in [7, 11) is 0. The highest BCUT2D eigenvalue weighted by Crippen LogP contribution is 2.04. The molecule has 0 unspecified atom stereocenters. The Labute approximate surface area is 83.1 Å². The van der Waals surface area contributed by atoms with Gasteiger partial charge in [-0.2, -0.15) is 0 Å². The van der Waals surface area contributed by atoms with E-state index in [0.717, 1.165) is 5.69 Å². The molecule has 0 bridgehead atoms. The second kappa shape index (κ2) is 5.99. The molecule has 1 aromatic carbocycles. The standard InChI is InChI=1S/C10H14N2O2/c11-7-4-8-14-10(13)12-9-5-2-1-3-6-9/h1-3,5-6H,4,7-8,11H2,(H,12,13). The van der Waals surface area contributed by atoms with E-state index < -0.39 is 6.09 Å². The third-order valence-corrected chi connectivity index (χ3v) is 1.60. The molecule has 14 heavy (non-hydrogen) atoms. The van der Waals surface area contributed by atoms with Crippen LogP contribution in [0.2, 0.25) is 0 Å². The zero-order valence-corrected chi connectivity index (χ0v) is 7.90. The molecule has 76 valence electrons. The molecular formula is C10H14N2O2. The molecule has 4 heteroatoms. The Kier molecular flexibility index (Phi) is 4.50. The Balaban J connectivity index is 2.27. The van der Waals surface area contributed by atoms with E-state index >= 15 is 0 Å². The maximum Gasteiger partial charge on any atom is 0.411 e. The van der Waals surface area contributed by atoms with Gasteiger partial charge in [0.25, 0.3) is 0 Å². The maximum atomic E-state index is 11.1. The number of anilines is 1. The van der Waals surface area contributed by atoms with Crippen LogP contribution in [0.1, 0.15) is 6.42 Å². The first-order chi connectivity index (χ1) is 6.83. The molecule has 0 heterocycles. The maximum absolute atomic E-state index is 11.1. The molecule has 4 nitrogen and oxygen atoms in total. The van der Waals surface area contributed by atoms with Crippen LogP contribution in [0.4, 0.5) is 10.5 Å². The van der Waals surface area contributed by atoms with Gasteiger partial charge in [-0.3, -0.25) is 5.32 Å². The van der Waals surface area contributed by atoms with Gasteiger partial charge in [0.05, 0.1) is 6.61 Å². The van der Waals surface area contributed by atoms with Crippen molar-refractivity contribution in [3.8, 4) is 0 Å². The fourth-order valence-corrected chi connectivity index (χ4v) is 0.924. The normalized spacial score (nSPS) is 9.50. The number of hydrogen-bond donors (Lipinski definition) is 2. The average molecular weight is 194 g/mol. The van der Waals surface area contributed by atoms with Crippen molar-refractivity contribution < 1.29 is 9.53 Å². The molecule has 0 spiro atoms. The van der Waals surface area contributed by atoms with Crippen molar-refractivity contribution in [3.63, 3.8) is 0 Å². The topological polar surface area (TPSA) is 64.3 Å². The summed E-state index contributed by atoms with van der Waals surface area (Å²) >= 11 is 0. The van der Waals surface area contributed by atoms with E-state index in [4.69, 9.17) is 10.5 Å². The van der Waals surface area contributed by atoms with Crippen LogP contribution >= 0.6 is 0 Å². The highest BCUT2D eigenvalue weighted by Gasteiger charge is 2.00. The van der Waals surface area contributed by atoms with Gasteiger partial charge in [0.15, 0.2) is 0 Å². The Morgan fingerprint density at radius 1 is 1.36 bits per heavy atom. The largest absolute Gasteiger partial charge is 0.449 e. The van der Waals surface area contributed by atoms with E-state index in [0.29, 0.717) is 19.6 Å². The lowest BCUT2D eigenvalue weighted by Gasteiger charge is -2.05. The number of benzene rings is 1. The second-order valence-corrected chi connectivity index (χ2v) is 2.77. The van der Waals surface area contributed by atoms with Crippen molar-refractivity contribution in [1.82, 2.24) is 0 Å². The van der Waals surface area contributed by atoms with Crippen molar-refractivity contribution in [2.75, 3.05) is 18.5 Å². The molecule has 0 aliphatic rings. The predicted molar refractivity (Wildman–Crippen MR) is 55.1 cm³/mol. The summed E-state index contributed by atoms with van der Waals surface area (Å²) in [6.07, 6.45) is 0.243. The van der Waals surface area contributed by atoms with E-state index in [1.807, 2.05) is 18.2 Å². The number of carbonyl (C=O) groups is 1. The Morgan fingerprint density at radius 3 is 2.71 bits per heavy atom. The molecule has 3 N–H and O–H groups in total. The van der Waals surface area contributed by atoms with E-state index in [1.165, 1.54) is 0 Å². The molecular weight excluding hydrogens is 180 g/mol. The van der Waals surface area contributed by atoms with Crippen LogP contribution < -0.4 is 11.1 Å². The summed E-state index contributed by atoms with van der Waals surface area (Å²) in [6, 6.07) is 9.16. The van der Waals surface area contributed by atoms with Gasteiger partial charge in [-0.05, 0) is 25.1 Å². The Bertz CT molecular complexity index is 275. The summed E-state index contributed by atoms with van der Waals surface area (Å²) in [5, 5.41) is 2.60. The number of rotatable bonds is 4. The van der Waals surface area contributed by atoms with Gasteiger partial charge in [0.1, 0.15) is 0 Å². The molecule has 0 saturated carbocycles. The molecule has 1 amide bonds. The first-order valence-electron chi connectivity index (χ1n) is 4.52. The first kappa shape index (κ1) is 10.5. The number of nitrogens with one attached hydrogen (secondary N) is 1.